The van der Waals surface area contributed by atoms with E-state index in [1.807, 2.05) is 6.26 Å². The van der Waals surface area contributed by atoms with Crippen LogP contribution in [0.15, 0.2) is 12.5 Å². The van der Waals surface area contributed by atoms with E-state index >= 15 is 0 Å². The van der Waals surface area contributed by atoms with Gasteiger partial charge in [-0.1, -0.05) is 0 Å². The zero-order valence-corrected chi connectivity index (χ0v) is 19.5. The Bertz CT molecular complexity index is 820. The number of hydrogen-bond donors (Lipinski definition) is 6. The average Bonchev–Trinajstić information content (AvgIpc) is 3.45. The highest BCUT2D eigenvalue weighted by molar-refractivity contribution is 7.98. The van der Waals surface area contributed by atoms with Crippen LogP contribution >= 0.6 is 11.8 Å². The van der Waals surface area contributed by atoms with Crippen molar-refractivity contribution < 1.29 is 29.4 Å². The van der Waals surface area contributed by atoms with Gasteiger partial charge >= 0.3 is 5.97 Å². The lowest BCUT2D eigenvalue weighted by Gasteiger charge is -2.31. The maximum Gasteiger partial charge on any atom is 0.326 e. The van der Waals surface area contributed by atoms with Gasteiger partial charge < -0.3 is 36.5 Å². The molecule has 0 bridgehead atoms. The van der Waals surface area contributed by atoms with Crippen LogP contribution in [-0.4, -0.2) is 97.6 Å². The molecule has 1 saturated heterocycles. The number of H-pyrrole nitrogens is 1. The van der Waals surface area contributed by atoms with Gasteiger partial charge in [-0.15, -0.1) is 0 Å². The van der Waals surface area contributed by atoms with Gasteiger partial charge in [-0.05, 0) is 38.2 Å². The lowest BCUT2D eigenvalue weighted by molar-refractivity contribution is -0.146. The number of likely N-dealkylation sites (tertiary alicyclic amines) is 1. The van der Waals surface area contributed by atoms with Crippen molar-refractivity contribution in [2.45, 2.75) is 62.9 Å². The van der Waals surface area contributed by atoms with E-state index in [1.54, 1.807) is 0 Å². The SMILES string of the molecule is CSCCC(NC(=O)C1CCCN1C(=O)C(NC(=O)C(N)Cc1cnc[nH]1)C(C)O)C(=O)O. The van der Waals surface area contributed by atoms with Gasteiger partial charge in [0, 0.05) is 24.9 Å². The standard InChI is InChI=1S/C20H32N6O6S/c1-11(27)16(25-17(28)13(21)8-12-9-22-10-23-12)19(30)26-6-3-4-15(26)18(29)24-14(20(31)32)5-7-33-2/h9-11,13-16,27H,3-8,21H2,1-2H3,(H,22,23)(H,24,29)(H,25,28)(H,31,32). The van der Waals surface area contributed by atoms with Gasteiger partial charge in [-0.3, -0.25) is 14.4 Å². The number of nitrogens with one attached hydrogen (secondary N) is 3. The molecule has 33 heavy (non-hydrogen) atoms. The third kappa shape index (κ3) is 7.44. The molecule has 0 aromatic carbocycles. The number of imidazole rings is 1. The van der Waals surface area contributed by atoms with Gasteiger partial charge in [0.2, 0.25) is 17.7 Å². The van der Waals surface area contributed by atoms with E-state index in [0.29, 0.717) is 24.3 Å². The number of amides is 3. The van der Waals surface area contributed by atoms with Crippen molar-refractivity contribution in [1.82, 2.24) is 25.5 Å². The summed E-state index contributed by atoms with van der Waals surface area (Å²) >= 11 is 1.47. The Kier molecular flexibility index (Phi) is 10.1. The Morgan fingerprint density at radius 2 is 2.09 bits per heavy atom. The largest absolute Gasteiger partial charge is 0.480 e. The summed E-state index contributed by atoms with van der Waals surface area (Å²) in [6, 6.07) is -4.23. The molecule has 0 saturated carbocycles. The van der Waals surface area contributed by atoms with Crippen LogP contribution in [0, 0.1) is 0 Å². The molecule has 1 fully saturated rings. The van der Waals surface area contributed by atoms with Crippen LogP contribution in [0.2, 0.25) is 0 Å². The van der Waals surface area contributed by atoms with Crippen molar-refractivity contribution in [2.24, 2.45) is 5.73 Å². The highest BCUT2D eigenvalue weighted by Gasteiger charge is 2.40. The Hall–Kier alpha value is -2.64. The number of nitrogens with two attached hydrogens (primary N) is 1. The van der Waals surface area contributed by atoms with E-state index < -0.39 is 54.0 Å². The fourth-order valence-corrected chi connectivity index (χ4v) is 4.09. The molecule has 0 aliphatic carbocycles. The van der Waals surface area contributed by atoms with E-state index in [2.05, 4.69) is 20.6 Å². The zero-order chi connectivity index (χ0) is 24.5. The summed E-state index contributed by atoms with van der Waals surface area (Å²) in [5, 5.41) is 24.5. The first-order valence-electron chi connectivity index (χ1n) is 10.7. The van der Waals surface area contributed by atoms with Crippen LogP contribution in [0.5, 0.6) is 0 Å². The fraction of sp³-hybridized carbons (Fsp3) is 0.650. The summed E-state index contributed by atoms with van der Waals surface area (Å²) in [5.74, 6) is -2.41. The number of aliphatic hydroxyl groups is 1. The predicted molar refractivity (Wildman–Crippen MR) is 121 cm³/mol. The van der Waals surface area contributed by atoms with E-state index in [4.69, 9.17) is 5.73 Å². The van der Waals surface area contributed by atoms with Crippen LogP contribution < -0.4 is 16.4 Å². The van der Waals surface area contributed by atoms with Gasteiger partial charge in [-0.2, -0.15) is 11.8 Å². The fourth-order valence-electron chi connectivity index (χ4n) is 3.62. The number of aromatic amines is 1. The molecule has 1 aromatic rings. The van der Waals surface area contributed by atoms with Crippen LogP contribution in [-0.2, 0) is 25.6 Å². The highest BCUT2D eigenvalue weighted by Crippen LogP contribution is 2.20. The van der Waals surface area contributed by atoms with Crippen molar-refractivity contribution in [3.05, 3.63) is 18.2 Å². The number of rotatable bonds is 12. The lowest BCUT2D eigenvalue weighted by atomic mass is 10.1. The Labute approximate surface area is 196 Å². The third-order valence-electron chi connectivity index (χ3n) is 5.44. The minimum absolute atomic E-state index is 0.161. The van der Waals surface area contributed by atoms with Crippen molar-refractivity contribution >= 4 is 35.5 Å². The van der Waals surface area contributed by atoms with Gasteiger partial charge in [0.15, 0.2) is 0 Å². The number of aliphatic hydroxyl groups excluding tert-OH is 1. The lowest BCUT2D eigenvalue weighted by Crippen LogP contribution is -2.59. The first-order valence-corrected chi connectivity index (χ1v) is 12.1. The summed E-state index contributed by atoms with van der Waals surface area (Å²) in [7, 11) is 0. The molecule has 1 aromatic heterocycles. The molecule has 1 aliphatic heterocycles. The number of carbonyl (C=O) groups excluding carboxylic acids is 3. The molecule has 0 spiro atoms. The summed E-state index contributed by atoms with van der Waals surface area (Å²) in [6.45, 7) is 1.61. The molecule has 13 heteroatoms. The average molecular weight is 485 g/mol. The van der Waals surface area contributed by atoms with Gasteiger partial charge in [0.1, 0.15) is 18.1 Å². The number of hydrogen-bond acceptors (Lipinski definition) is 8. The first kappa shape index (κ1) is 26.6. The molecule has 0 radical (unpaired) electrons. The molecule has 7 N–H and O–H groups in total. The normalized spacial score (nSPS) is 19.4. The Morgan fingerprint density at radius 3 is 2.67 bits per heavy atom. The minimum atomic E-state index is -1.30. The summed E-state index contributed by atoms with van der Waals surface area (Å²) in [5.41, 5.74) is 6.56. The van der Waals surface area contributed by atoms with E-state index in [0.717, 1.165) is 0 Å². The smallest absolute Gasteiger partial charge is 0.326 e. The summed E-state index contributed by atoms with van der Waals surface area (Å²) in [6.07, 6.45) is 4.88. The second-order valence-electron chi connectivity index (χ2n) is 7.98. The summed E-state index contributed by atoms with van der Waals surface area (Å²) in [4.78, 5) is 57.9. The van der Waals surface area contributed by atoms with Crippen LogP contribution in [0.4, 0.5) is 0 Å². The second-order valence-corrected chi connectivity index (χ2v) is 8.97. The minimum Gasteiger partial charge on any atom is -0.480 e. The third-order valence-corrected chi connectivity index (χ3v) is 6.09. The molecule has 1 aliphatic rings. The Balaban J connectivity index is 2.05. The predicted octanol–water partition coefficient (Wildman–Crippen LogP) is -1.54. The van der Waals surface area contributed by atoms with Gasteiger partial charge in [0.05, 0.1) is 18.5 Å². The zero-order valence-electron chi connectivity index (χ0n) is 18.7. The number of aliphatic carboxylic acids is 1. The molecule has 5 atom stereocenters. The van der Waals surface area contributed by atoms with E-state index in [9.17, 15) is 29.4 Å². The molecule has 5 unspecified atom stereocenters. The summed E-state index contributed by atoms with van der Waals surface area (Å²) < 4.78 is 0. The first-order chi connectivity index (χ1) is 15.6. The van der Waals surface area contributed by atoms with Crippen LogP contribution in [0.1, 0.15) is 31.9 Å². The number of thioether (sulfide) groups is 1. The Morgan fingerprint density at radius 1 is 1.36 bits per heavy atom. The van der Waals surface area contributed by atoms with Crippen molar-refractivity contribution in [1.29, 1.82) is 0 Å². The number of carboxylic acid groups (broad SMARTS) is 1. The molecule has 12 nitrogen and oxygen atoms in total. The maximum absolute atomic E-state index is 13.2. The molecule has 2 rings (SSSR count). The molecular weight excluding hydrogens is 452 g/mol. The van der Waals surface area contributed by atoms with Crippen LogP contribution in [0.3, 0.4) is 0 Å². The molecule has 3 amide bonds. The quantitative estimate of drug-likeness (QED) is 0.204. The monoisotopic (exact) mass is 484 g/mol. The number of carbonyl (C=O) groups is 4. The van der Waals surface area contributed by atoms with Crippen molar-refractivity contribution in [3.63, 3.8) is 0 Å². The van der Waals surface area contributed by atoms with Gasteiger partial charge in [0.25, 0.3) is 0 Å². The van der Waals surface area contributed by atoms with Crippen molar-refractivity contribution in [3.8, 4) is 0 Å². The van der Waals surface area contributed by atoms with Crippen LogP contribution in [0.25, 0.3) is 0 Å². The van der Waals surface area contributed by atoms with Crippen molar-refractivity contribution in [2.75, 3.05) is 18.6 Å². The van der Waals surface area contributed by atoms with Gasteiger partial charge in [-0.25, -0.2) is 9.78 Å². The number of nitrogens with zero attached hydrogens (tertiary/aromatic N) is 2. The number of aromatic nitrogens is 2. The van der Waals surface area contributed by atoms with E-state index in [1.165, 1.54) is 36.1 Å². The maximum atomic E-state index is 13.2. The molecule has 2 heterocycles. The van der Waals surface area contributed by atoms with E-state index in [-0.39, 0.29) is 19.4 Å². The number of carboxylic acids is 1. The molecule has 184 valence electrons. The molecular formula is C20H32N6O6S. The second kappa shape index (κ2) is 12.6. The topological polar surface area (TPSA) is 191 Å². The highest BCUT2D eigenvalue weighted by atomic mass is 32.2.